The Balaban J connectivity index is 1.70. The number of morpholine rings is 1. The van der Waals surface area contributed by atoms with Crippen molar-refractivity contribution in [2.75, 3.05) is 46.0 Å². The van der Waals surface area contributed by atoms with Gasteiger partial charge in [-0.25, -0.2) is 0 Å². The van der Waals surface area contributed by atoms with E-state index in [1.165, 1.54) is 23.1 Å². The van der Waals surface area contributed by atoms with Crippen molar-refractivity contribution in [3.63, 3.8) is 0 Å². The highest BCUT2D eigenvalue weighted by molar-refractivity contribution is 6.46. The maximum absolute atomic E-state index is 13.3. The molecule has 0 unspecified atom stereocenters. The molecule has 1 atom stereocenters. The minimum Gasteiger partial charge on any atom is -0.507 e. The van der Waals surface area contributed by atoms with Gasteiger partial charge >= 0.3 is 0 Å². The predicted octanol–water partition coefficient (Wildman–Crippen LogP) is 4.08. The van der Waals surface area contributed by atoms with Crippen LogP contribution in [0.1, 0.15) is 43.0 Å². The normalized spacial score (nSPS) is 19.6. The van der Waals surface area contributed by atoms with Crippen LogP contribution in [0.5, 0.6) is 5.75 Å². The molecule has 0 aliphatic carbocycles. The van der Waals surface area contributed by atoms with Gasteiger partial charge in [0, 0.05) is 43.9 Å². The molecule has 10 heteroatoms. The van der Waals surface area contributed by atoms with Crippen LogP contribution < -0.4 is 4.74 Å². The lowest BCUT2D eigenvalue weighted by Gasteiger charge is -2.29. The van der Waals surface area contributed by atoms with Gasteiger partial charge in [-0.3, -0.25) is 24.6 Å². The maximum Gasteiger partial charge on any atom is 0.295 e. The largest absolute Gasteiger partial charge is 0.507 e. The topological polar surface area (TPSA) is 122 Å². The number of hydrogen-bond donors (Lipinski definition) is 1. The molecular weight excluding hydrogens is 502 g/mol. The quantitative estimate of drug-likeness (QED) is 0.158. The van der Waals surface area contributed by atoms with Crippen LogP contribution in [-0.2, 0) is 14.3 Å². The van der Waals surface area contributed by atoms with Crippen LogP contribution in [0, 0.1) is 23.0 Å². The Morgan fingerprint density at radius 1 is 1.15 bits per heavy atom. The molecule has 39 heavy (non-hydrogen) atoms. The number of ether oxygens (including phenoxy) is 2. The van der Waals surface area contributed by atoms with E-state index in [2.05, 4.69) is 4.90 Å². The van der Waals surface area contributed by atoms with Crippen molar-refractivity contribution >= 4 is 23.1 Å². The number of likely N-dealkylation sites (tertiary alicyclic amines) is 1. The van der Waals surface area contributed by atoms with Crippen molar-refractivity contribution in [3.8, 4) is 5.75 Å². The van der Waals surface area contributed by atoms with Crippen LogP contribution >= 0.6 is 0 Å². The summed E-state index contributed by atoms with van der Waals surface area (Å²) >= 11 is 0. The summed E-state index contributed by atoms with van der Waals surface area (Å²) in [6.07, 6.45) is 0.597. The van der Waals surface area contributed by atoms with Crippen LogP contribution in [0.15, 0.2) is 48.0 Å². The fourth-order valence-electron chi connectivity index (χ4n) is 4.93. The first-order valence-corrected chi connectivity index (χ1v) is 13.2. The zero-order valence-corrected chi connectivity index (χ0v) is 22.6. The zero-order chi connectivity index (χ0) is 28.1. The highest BCUT2D eigenvalue weighted by Crippen LogP contribution is 2.40. The second kappa shape index (κ2) is 12.4. The fraction of sp³-hybridized carbons (Fsp3) is 0.448. The monoisotopic (exact) mass is 537 g/mol. The van der Waals surface area contributed by atoms with Crippen molar-refractivity contribution in [2.24, 2.45) is 5.92 Å². The molecule has 0 saturated carbocycles. The first-order chi connectivity index (χ1) is 18.7. The lowest BCUT2D eigenvalue weighted by Crippen LogP contribution is -2.39. The molecule has 0 radical (unpaired) electrons. The number of aliphatic hydroxyl groups is 1. The molecule has 208 valence electrons. The van der Waals surface area contributed by atoms with Gasteiger partial charge in [-0.05, 0) is 48.6 Å². The Morgan fingerprint density at radius 2 is 1.90 bits per heavy atom. The number of Topliss-reactive ketones (excluding diaryl/α,β-unsaturated/α-hetero) is 1. The van der Waals surface area contributed by atoms with E-state index in [-0.39, 0.29) is 23.6 Å². The molecule has 2 aliphatic rings. The number of non-ortho nitro benzene ring substituents is 1. The van der Waals surface area contributed by atoms with E-state index in [0.29, 0.717) is 55.6 Å². The van der Waals surface area contributed by atoms with E-state index in [4.69, 9.17) is 9.47 Å². The Hall–Kier alpha value is -3.76. The number of carbonyl (C=O) groups excluding carboxylic acids is 2. The average molecular weight is 538 g/mol. The molecule has 2 heterocycles. The molecule has 0 bridgehead atoms. The molecule has 1 N–H and O–H groups in total. The molecule has 0 aromatic heterocycles. The van der Waals surface area contributed by atoms with Gasteiger partial charge in [-0.15, -0.1) is 0 Å². The lowest BCUT2D eigenvalue weighted by atomic mass is 9.94. The Labute approximate surface area is 228 Å². The standard InChI is InChI=1S/C29H35N3O7/c1-19(2)18-39-24-9-8-22(16-20(24)3)27(33)25-26(21-6-4-7-23(17-21)32(36)37)31(29(35)28(25)34)11-5-10-30-12-14-38-15-13-30/h4,6-9,16-17,19,26,33H,5,10-15,18H2,1-3H3/b27-25+/t26-/m1/s1. The van der Waals surface area contributed by atoms with Crippen LogP contribution in [-0.4, -0.2) is 77.5 Å². The third kappa shape index (κ3) is 6.46. The summed E-state index contributed by atoms with van der Waals surface area (Å²) in [5.74, 6) is -0.860. The van der Waals surface area contributed by atoms with Crippen molar-refractivity contribution in [1.82, 2.24) is 9.80 Å². The van der Waals surface area contributed by atoms with Crippen LogP contribution in [0.3, 0.4) is 0 Å². The summed E-state index contributed by atoms with van der Waals surface area (Å²) in [4.78, 5) is 41.2. The average Bonchev–Trinajstić information content (AvgIpc) is 3.17. The van der Waals surface area contributed by atoms with Gasteiger partial charge in [0.25, 0.3) is 17.4 Å². The van der Waals surface area contributed by atoms with Crippen LogP contribution in [0.4, 0.5) is 5.69 Å². The Kier molecular flexibility index (Phi) is 8.98. The molecule has 2 aliphatic heterocycles. The summed E-state index contributed by atoms with van der Waals surface area (Å²) in [6.45, 7) is 10.3. The second-order valence-electron chi connectivity index (χ2n) is 10.3. The minimum atomic E-state index is -0.952. The number of aliphatic hydroxyl groups excluding tert-OH is 1. The summed E-state index contributed by atoms with van der Waals surface area (Å²) in [5.41, 5.74) is 1.29. The third-order valence-corrected chi connectivity index (χ3v) is 6.93. The predicted molar refractivity (Wildman–Crippen MR) is 145 cm³/mol. The van der Waals surface area contributed by atoms with Crippen LogP contribution in [0.2, 0.25) is 0 Å². The number of aryl methyl sites for hydroxylation is 1. The third-order valence-electron chi connectivity index (χ3n) is 6.93. The van der Waals surface area contributed by atoms with Crippen molar-refractivity contribution in [1.29, 1.82) is 0 Å². The highest BCUT2D eigenvalue weighted by Gasteiger charge is 2.46. The number of nitro groups is 1. The smallest absolute Gasteiger partial charge is 0.295 e. The number of carbonyl (C=O) groups is 2. The molecule has 1 amide bonds. The first kappa shape index (κ1) is 28.3. The van der Waals surface area contributed by atoms with Gasteiger partial charge in [0.1, 0.15) is 11.5 Å². The Morgan fingerprint density at radius 3 is 2.56 bits per heavy atom. The van der Waals surface area contributed by atoms with E-state index < -0.39 is 22.7 Å². The van der Waals surface area contributed by atoms with Crippen molar-refractivity contribution < 1.29 is 29.1 Å². The SMILES string of the molecule is Cc1cc(/C(O)=C2\C(=O)C(=O)N(CCCN3CCOCC3)[C@@H]2c2cccc([N+](=O)[O-])c2)ccc1OCC(C)C. The molecular formula is C29H35N3O7. The summed E-state index contributed by atoms with van der Waals surface area (Å²) in [7, 11) is 0. The fourth-order valence-corrected chi connectivity index (χ4v) is 4.93. The highest BCUT2D eigenvalue weighted by atomic mass is 16.6. The van der Waals surface area contributed by atoms with Crippen molar-refractivity contribution in [3.05, 3.63) is 74.8 Å². The molecule has 4 rings (SSSR count). The van der Waals surface area contributed by atoms with E-state index in [0.717, 1.165) is 18.7 Å². The molecule has 2 aromatic rings. The van der Waals surface area contributed by atoms with Gasteiger partial charge in [0.05, 0.1) is 36.4 Å². The van der Waals surface area contributed by atoms with Gasteiger partial charge in [0.15, 0.2) is 0 Å². The molecule has 10 nitrogen and oxygen atoms in total. The number of hydrogen-bond acceptors (Lipinski definition) is 8. The number of nitro benzene ring substituents is 1. The number of nitrogens with zero attached hydrogens (tertiary/aromatic N) is 3. The van der Waals surface area contributed by atoms with Crippen LogP contribution in [0.25, 0.3) is 5.76 Å². The summed E-state index contributed by atoms with van der Waals surface area (Å²) in [5, 5.41) is 22.9. The first-order valence-electron chi connectivity index (χ1n) is 13.2. The van der Waals surface area contributed by atoms with E-state index in [1.54, 1.807) is 24.3 Å². The van der Waals surface area contributed by atoms with Gasteiger partial charge in [-0.2, -0.15) is 0 Å². The molecule has 2 aromatic carbocycles. The summed E-state index contributed by atoms with van der Waals surface area (Å²) in [6, 6.07) is 10.0. The number of ketones is 1. The number of rotatable bonds is 10. The van der Waals surface area contributed by atoms with Gasteiger partial charge in [0.2, 0.25) is 0 Å². The van der Waals surface area contributed by atoms with Gasteiger partial charge in [-0.1, -0.05) is 26.0 Å². The van der Waals surface area contributed by atoms with E-state index in [1.807, 2.05) is 20.8 Å². The minimum absolute atomic E-state index is 0.0814. The molecule has 2 saturated heterocycles. The van der Waals surface area contributed by atoms with Gasteiger partial charge < -0.3 is 19.5 Å². The molecule has 2 fully saturated rings. The summed E-state index contributed by atoms with van der Waals surface area (Å²) < 4.78 is 11.2. The van der Waals surface area contributed by atoms with E-state index in [9.17, 15) is 24.8 Å². The van der Waals surface area contributed by atoms with E-state index >= 15 is 0 Å². The number of amides is 1. The lowest BCUT2D eigenvalue weighted by molar-refractivity contribution is -0.384. The maximum atomic E-state index is 13.3. The zero-order valence-electron chi connectivity index (χ0n) is 22.6. The number of benzene rings is 2. The second-order valence-corrected chi connectivity index (χ2v) is 10.3. The Bertz CT molecular complexity index is 1270. The van der Waals surface area contributed by atoms with Crippen molar-refractivity contribution in [2.45, 2.75) is 33.2 Å². The molecule has 0 spiro atoms.